The molecule has 0 saturated carbocycles. The van der Waals surface area contributed by atoms with Gasteiger partial charge in [-0.2, -0.15) is 5.26 Å². The number of ether oxygens (including phenoxy) is 2. The summed E-state index contributed by atoms with van der Waals surface area (Å²) in [6.07, 6.45) is 2.40. The van der Waals surface area contributed by atoms with Crippen molar-refractivity contribution in [2.75, 3.05) is 32.6 Å². The first-order valence-electron chi connectivity index (χ1n) is 12.0. The maximum atomic E-state index is 13.1. The quantitative estimate of drug-likeness (QED) is 0.346. The highest BCUT2D eigenvalue weighted by atomic mass is 32.2. The van der Waals surface area contributed by atoms with Crippen LogP contribution in [0.2, 0.25) is 0 Å². The molecule has 196 valence electrons. The van der Waals surface area contributed by atoms with E-state index in [1.54, 1.807) is 36.7 Å². The Morgan fingerprint density at radius 3 is 2.51 bits per heavy atom. The third kappa shape index (κ3) is 6.00. The standard InChI is InChI=1S/C27H32N4O4S2/c1-7-30-24(29-11-10-18-8-9-21(34-5)22(12-18)35-6)19(17(4)20(14-28)25(30)32)13-23-26(33)31(15-16(2)3)27(36)37-23/h8-9,12-13,16,29H,7,10-11,15H2,1-6H3/b23-13+. The molecule has 3 rings (SSSR count). The molecule has 8 nitrogen and oxygen atoms in total. The lowest BCUT2D eigenvalue weighted by atomic mass is 10.0. The molecule has 0 radical (unpaired) electrons. The fourth-order valence-corrected chi connectivity index (χ4v) is 5.43. The van der Waals surface area contributed by atoms with Gasteiger partial charge in [-0.05, 0) is 55.5 Å². The SMILES string of the molecule is CCn1c(NCCc2ccc(OC)c(OC)c2)c(/C=C2/SC(=S)N(CC(C)C)C2=O)c(C)c(C#N)c1=O. The Hall–Kier alpha value is -3.29. The number of nitrogens with zero attached hydrogens (tertiary/aromatic N) is 3. The Morgan fingerprint density at radius 1 is 1.22 bits per heavy atom. The van der Waals surface area contributed by atoms with E-state index in [2.05, 4.69) is 5.32 Å². The van der Waals surface area contributed by atoms with E-state index in [0.29, 0.717) is 63.7 Å². The number of carbonyl (C=O) groups is 1. The number of hydrogen-bond donors (Lipinski definition) is 1. The number of thiocarbonyl (C=S) groups is 1. The summed E-state index contributed by atoms with van der Waals surface area (Å²) in [5.74, 6) is 1.97. The van der Waals surface area contributed by atoms with Crippen LogP contribution in [-0.2, 0) is 17.8 Å². The van der Waals surface area contributed by atoms with Gasteiger partial charge in [-0.1, -0.05) is 43.9 Å². The van der Waals surface area contributed by atoms with E-state index >= 15 is 0 Å². The maximum Gasteiger partial charge on any atom is 0.270 e. The Kier molecular flexibility index (Phi) is 9.40. The number of methoxy groups -OCH3 is 2. The van der Waals surface area contributed by atoms with Crippen molar-refractivity contribution >= 4 is 46.1 Å². The van der Waals surface area contributed by atoms with Crippen molar-refractivity contribution in [2.24, 2.45) is 5.92 Å². The summed E-state index contributed by atoms with van der Waals surface area (Å²) in [7, 11) is 3.18. The highest BCUT2D eigenvalue weighted by Crippen LogP contribution is 2.35. The summed E-state index contributed by atoms with van der Waals surface area (Å²) in [4.78, 5) is 28.3. The van der Waals surface area contributed by atoms with Gasteiger partial charge in [0.2, 0.25) is 0 Å². The Morgan fingerprint density at radius 2 is 1.92 bits per heavy atom. The largest absolute Gasteiger partial charge is 0.493 e. The number of rotatable bonds is 10. The van der Waals surface area contributed by atoms with Gasteiger partial charge in [0, 0.05) is 25.2 Å². The summed E-state index contributed by atoms with van der Waals surface area (Å²) >= 11 is 6.70. The second-order valence-corrected chi connectivity index (χ2v) is 10.7. The molecule has 1 fully saturated rings. The van der Waals surface area contributed by atoms with E-state index in [1.165, 1.54) is 11.8 Å². The van der Waals surface area contributed by atoms with Gasteiger partial charge in [-0.25, -0.2) is 0 Å². The third-order valence-electron chi connectivity index (χ3n) is 6.04. The molecular formula is C27H32N4O4S2. The van der Waals surface area contributed by atoms with Gasteiger partial charge in [-0.3, -0.25) is 19.1 Å². The lowest BCUT2D eigenvalue weighted by Crippen LogP contribution is -2.31. The summed E-state index contributed by atoms with van der Waals surface area (Å²) in [6, 6.07) is 7.78. The minimum Gasteiger partial charge on any atom is -0.493 e. The predicted octanol–water partition coefficient (Wildman–Crippen LogP) is 4.58. The van der Waals surface area contributed by atoms with Crippen molar-refractivity contribution in [1.82, 2.24) is 9.47 Å². The number of carbonyl (C=O) groups excluding carboxylic acids is 1. The van der Waals surface area contributed by atoms with Gasteiger partial charge in [0.1, 0.15) is 21.8 Å². The molecule has 1 saturated heterocycles. The van der Waals surface area contributed by atoms with Gasteiger partial charge < -0.3 is 14.8 Å². The van der Waals surface area contributed by atoms with Crippen LogP contribution in [0.5, 0.6) is 11.5 Å². The average Bonchev–Trinajstić information content (AvgIpc) is 3.13. The molecule has 0 unspecified atom stereocenters. The number of pyridine rings is 1. The van der Waals surface area contributed by atoms with Gasteiger partial charge in [0.15, 0.2) is 11.5 Å². The monoisotopic (exact) mass is 540 g/mol. The number of nitriles is 1. The van der Waals surface area contributed by atoms with Crippen molar-refractivity contribution < 1.29 is 14.3 Å². The van der Waals surface area contributed by atoms with Crippen molar-refractivity contribution in [3.63, 3.8) is 0 Å². The maximum absolute atomic E-state index is 13.1. The highest BCUT2D eigenvalue weighted by molar-refractivity contribution is 8.26. The van der Waals surface area contributed by atoms with Gasteiger partial charge >= 0.3 is 0 Å². The molecule has 2 heterocycles. The van der Waals surface area contributed by atoms with Gasteiger partial charge in [-0.15, -0.1) is 0 Å². The van der Waals surface area contributed by atoms with Crippen molar-refractivity contribution in [2.45, 2.75) is 40.7 Å². The molecule has 1 aromatic carbocycles. The van der Waals surface area contributed by atoms with E-state index in [1.807, 2.05) is 45.0 Å². The molecule has 0 spiro atoms. The fraction of sp³-hybridized carbons (Fsp3) is 0.407. The minimum atomic E-state index is -0.361. The zero-order chi connectivity index (χ0) is 27.3. The van der Waals surface area contributed by atoms with Crippen molar-refractivity contribution in [3.05, 3.63) is 55.7 Å². The zero-order valence-corrected chi connectivity index (χ0v) is 23.6. The minimum absolute atomic E-state index is 0.0659. The molecule has 0 bridgehead atoms. The second kappa shape index (κ2) is 12.3. The predicted molar refractivity (Wildman–Crippen MR) is 152 cm³/mol. The number of anilines is 1. The molecule has 0 atom stereocenters. The lowest BCUT2D eigenvalue weighted by Gasteiger charge is -2.20. The molecular weight excluding hydrogens is 508 g/mol. The fourth-order valence-electron chi connectivity index (χ4n) is 4.17. The van der Waals surface area contributed by atoms with Crippen LogP contribution in [-0.4, -0.2) is 47.0 Å². The summed E-state index contributed by atoms with van der Waals surface area (Å²) in [5.41, 5.74) is 1.89. The molecule has 37 heavy (non-hydrogen) atoms. The molecule has 0 aliphatic carbocycles. The number of thioether (sulfide) groups is 1. The molecule has 1 amide bonds. The first-order chi connectivity index (χ1) is 17.7. The van der Waals surface area contributed by atoms with Crippen LogP contribution in [0.1, 0.15) is 43.0 Å². The van der Waals surface area contributed by atoms with Gasteiger partial charge in [0.25, 0.3) is 11.5 Å². The van der Waals surface area contributed by atoms with E-state index in [-0.39, 0.29) is 22.9 Å². The lowest BCUT2D eigenvalue weighted by molar-refractivity contribution is -0.122. The zero-order valence-electron chi connectivity index (χ0n) is 22.0. The smallest absolute Gasteiger partial charge is 0.270 e. The van der Waals surface area contributed by atoms with Crippen LogP contribution in [0.25, 0.3) is 6.08 Å². The first-order valence-corrected chi connectivity index (χ1v) is 13.3. The molecule has 1 N–H and O–H groups in total. The van der Waals surface area contributed by atoms with Crippen LogP contribution in [0.15, 0.2) is 27.9 Å². The van der Waals surface area contributed by atoms with Crippen molar-refractivity contribution in [1.29, 1.82) is 5.26 Å². The normalized spacial score (nSPS) is 14.4. The molecule has 2 aromatic rings. The summed E-state index contributed by atoms with van der Waals surface area (Å²) in [5, 5.41) is 13.1. The van der Waals surface area contributed by atoms with E-state index in [9.17, 15) is 14.9 Å². The number of nitrogens with one attached hydrogen (secondary N) is 1. The Labute approximate surface area is 227 Å². The molecule has 1 aliphatic rings. The van der Waals surface area contributed by atoms with Crippen LogP contribution in [0.4, 0.5) is 5.82 Å². The number of hydrogen-bond acceptors (Lipinski definition) is 8. The highest BCUT2D eigenvalue weighted by Gasteiger charge is 2.33. The second-order valence-electron chi connectivity index (χ2n) is 8.98. The topological polar surface area (TPSA) is 96.6 Å². The summed E-state index contributed by atoms with van der Waals surface area (Å²) < 4.78 is 12.8. The van der Waals surface area contributed by atoms with Crippen LogP contribution >= 0.6 is 24.0 Å². The summed E-state index contributed by atoms with van der Waals surface area (Å²) in [6.45, 7) is 9.06. The number of amides is 1. The van der Waals surface area contributed by atoms with Crippen LogP contribution in [0.3, 0.4) is 0 Å². The van der Waals surface area contributed by atoms with Crippen molar-refractivity contribution in [3.8, 4) is 17.6 Å². The van der Waals surface area contributed by atoms with E-state index in [0.717, 1.165) is 5.56 Å². The van der Waals surface area contributed by atoms with Crippen LogP contribution < -0.4 is 20.3 Å². The van der Waals surface area contributed by atoms with E-state index < -0.39 is 0 Å². The van der Waals surface area contributed by atoms with Crippen LogP contribution in [0, 0.1) is 24.2 Å². The molecule has 10 heteroatoms. The first kappa shape index (κ1) is 28.3. The average molecular weight is 541 g/mol. The molecule has 1 aliphatic heterocycles. The molecule has 1 aromatic heterocycles. The number of benzene rings is 1. The Balaban J connectivity index is 2.01. The van der Waals surface area contributed by atoms with E-state index in [4.69, 9.17) is 21.7 Å². The Bertz CT molecular complexity index is 1340. The third-order valence-corrected chi connectivity index (χ3v) is 7.42. The van der Waals surface area contributed by atoms with Gasteiger partial charge in [0.05, 0.1) is 19.1 Å². The number of aromatic nitrogens is 1.